The van der Waals surface area contributed by atoms with Gasteiger partial charge in [0.1, 0.15) is 0 Å². The number of halogens is 3. The highest BCUT2D eigenvalue weighted by atomic mass is 19.4. The van der Waals surface area contributed by atoms with Crippen LogP contribution in [-0.4, -0.2) is 31.3 Å². The topological polar surface area (TPSA) is 38.3 Å². The lowest BCUT2D eigenvalue weighted by Gasteiger charge is -2.23. The van der Waals surface area contributed by atoms with Crippen molar-refractivity contribution in [3.05, 3.63) is 0 Å². The van der Waals surface area contributed by atoms with E-state index in [0.717, 1.165) is 0 Å². The predicted octanol–water partition coefficient (Wildman–Crippen LogP) is 1.62. The van der Waals surface area contributed by atoms with Gasteiger partial charge < -0.3 is 10.1 Å². The molecule has 6 heteroatoms. The van der Waals surface area contributed by atoms with Crippen LogP contribution >= 0.6 is 0 Å². The molecule has 1 amide bonds. The molecular formula is C9H14F3NO2. The molecule has 1 N–H and O–H groups in total. The van der Waals surface area contributed by atoms with Crippen molar-refractivity contribution in [2.24, 2.45) is 0 Å². The van der Waals surface area contributed by atoms with Gasteiger partial charge in [-0.05, 0) is 12.8 Å². The highest BCUT2D eigenvalue weighted by molar-refractivity contribution is 5.76. The van der Waals surface area contributed by atoms with E-state index in [1.807, 2.05) is 0 Å². The van der Waals surface area contributed by atoms with E-state index in [0.29, 0.717) is 26.1 Å². The molecule has 3 nitrogen and oxygen atoms in total. The summed E-state index contributed by atoms with van der Waals surface area (Å²) in [7, 11) is 0. The molecule has 0 spiro atoms. The number of carbonyl (C=O) groups excluding carboxylic acids is 1. The Bertz CT molecular complexity index is 212. The summed E-state index contributed by atoms with van der Waals surface area (Å²) in [4.78, 5) is 11.1. The van der Waals surface area contributed by atoms with Gasteiger partial charge in [0.05, 0.1) is 6.42 Å². The Morgan fingerprint density at radius 3 is 2.47 bits per heavy atom. The molecule has 0 saturated carbocycles. The first-order chi connectivity index (χ1) is 6.97. The third-order valence-electron chi connectivity index (χ3n) is 2.22. The van der Waals surface area contributed by atoms with E-state index in [9.17, 15) is 18.0 Å². The van der Waals surface area contributed by atoms with Gasteiger partial charge >= 0.3 is 6.18 Å². The maximum atomic E-state index is 11.8. The molecule has 1 aliphatic heterocycles. The van der Waals surface area contributed by atoms with Crippen LogP contribution < -0.4 is 5.32 Å². The lowest BCUT2D eigenvalue weighted by atomic mass is 10.1. The number of alkyl halides is 3. The Balaban J connectivity index is 2.17. The molecule has 88 valence electrons. The van der Waals surface area contributed by atoms with Gasteiger partial charge in [-0.3, -0.25) is 4.79 Å². The Labute approximate surface area is 86.0 Å². The predicted molar refractivity (Wildman–Crippen MR) is 47.3 cm³/mol. The molecule has 0 atom stereocenters. The summed E-state index contributed by atoms with van der Waals surface area (Å²) in [5.41, 5.74) is 0. The monoisotopic (exact) mass is 225 g/mol. The van der Waals surface area contributed by atoms with E-state index in [4.69, 9.17) is 4.74 Å². The molecule has 0 aromatic heterocycles. The van der Waals surface area contributed by atoms with Crippen LogP contribution in [-0.2, 0) is 9.53 Å². The largest absolute Gasteiger partial charge is 0.389 e. The minimum absolute atomic E-state index is 0.0283. The molecule has 1 aliphatic rings. The number of carbonyl (C=O) groups is 1. The summed E-state index contributed by atoms with van der Waals surface area (Å²) in [6.45, 7) is 1.12. The van der Waals surface area contributed by atoms with Crippen molar-refractivity contribution in [2.75, 3.05) is 13.2 Å². The van der Waals surface area contributed by atoms with Crippen LogP contribution in [0, 0.1) is 0 Å². The molecule has 15 heavy (non-hydrogen) atoms. The van der Waals surface area contributed by atoms with Gasteiger partial charge in [-0.2, -0.15) is 13.2 Å². The van der Waals surface area contributed by atoms with Crippen LogP contribution in [0.3, 0.4) is 0 Å². The van der Waals surface area contributed by atoms with Gasteiger partial charge in [0, 0.05) is 25.7 Å². The molecular weight excluding hydrogens is 211 g/mol. The van der Waals surface area contributed by atoms with Gasteiger partial charge in [0.15, 0.2) is 0 Å². The fraction of sp³-hybridized carbons (Fsp3) is 0.889. The number of hydrogen-bond donors (Lipinski definition) is 1. The minimum Gasteiger partial charge on any atom is -0.381 e. The van der Waals surface area contributed by atoms with Crippen molar-refractivity contribution in [1.82, 2.24) is 5.32 Å². The van der Waals surface area contributed by atoms with Crippen LogP contribution in [0.2, 0.25) is 0 Å². The van der Waals surface area contributed by atoms with E-state index < -0.39 is 24.9 Å². The van der Waals surface area contributed by atoms with Gasteiger partial charge in [0.2, 0.25) is 5.91 Å². The van der Waals surface area contributed by atoms with Crippen molar-refractivity contribution in [3.8, 4) is 0 Å². The molecule has 0 bridgehead atoms. The fourth-order valence-electron chi connectivity index (χ4n) is 1.40. The normalized spacial score (nSPS) is 18.9. The fourth-order valence-corrected chi connectivity index (χ4v) is 1.40. The van der Waals surface area contributed by atoms with Crippen molar-refractivity contribution < 1.29 is 22.7 Å². The summed E-state index contributed by atoms with van der Waals surface area (Å²) in [6.07, 6.45) is -4.44. The molecule has 1 saturated heterocycles. The first kappa shape index (κ1) is 12.3. The quantitative estimate of drug-likeness (QED) is 0.792. The van der Waals surface area contributed by atoms with E-state index in [1.54, 1.807) is 0 Å². The second-order valence-electron chi connectivity index (χ2n) is 3.57. The lowest BCUT2D eigenvalue weighted by molar-refractivity contribution is -0.144. The van der Waals surface area contributed by atoms with Gasteiger partial charge in [-0.25, -0.2) is 0 Å². The Morgan fingerprint density at radius 1 is 1.33 bits per heavy atom. The molecule has 1 heterocycles. The van der Waals surface area contributed by atoms with E-state index in [1.165, 1.54) is 0 Å². The molecule has 0 radical (unpaired) electrons. The molecule has 0 aromatic rings. The summed E-state index contributed by atoms with van der Waals surface area (Å²) < 4.78 is 40.4. The number of nitrogens with one attached hydrogen (secondary N) is 1. The molecule has 0 aliphatic carbocycles. The first-order valence-electron chi connectivity index (χ1n) is 4.91. The van der Waals surface area contributed by atoms with E-state index in [2.05, 4.69) is 5.32 Å². The number of ether oxygens (including phenoxy) is 1. The second-order valence-corrected chi connectivity index (χ2v) is 3.57. The Hall–Kier alpha value is -0.780. The maximum absolute atomic E-state index is 11.8. The van der Waals surface area contributed by atoms with Crippen LogP contribution in [0.4, 0.5) is 13.2 Å². The number of hydrogen-bond acceptors (Lipinski definition) is 2. The van der Waals surface area contributed by atoms with Crippen molar-refractivity contribution >= 4 is 5.91 Å². The standard InChI is InChI=1S/C9H14F3NO2/c10-9(11,12)4-1-8(14)13-7-2-5-15-6-3-7/h7H,1-6H2,(H,13,14). The van der Waals surface area contributed by atoms with Crippen LogP contribution in [0.5, 0.6) is 0 Å². The summed E-state index contributed by atoms with van der Waals surface area (Å²) >= 11 is 0. The van der Waals surface area contributed by atoms with Crippen LogP contribution in [0.1, 0.15) is 25.7 Å². The van der Waals surface area contributed by atoms with Crippen molar-refractivity contribution in [2.45, 2.75) is 37.9 Å². The lowest BCUT2D eigenvalue weighted by Crippen LogP contribution is -2.39. The highest BCUT2D eigenvalue weighted by Gasteiger charge is 2.28. The average molecular weight is 225 g/mol. The molecule has 1 rings (SSSR count). The minimum atomic E-state index is -4.26. The summed E-state index contributed by atoms with van der Waals surface area (Å²) in [6, 6.07) is -0.0283. The molecule has 1 fully saturated rings. The summed E-state index contributed by atoms with van der Waals surface area (Å²) in [5, 5.41) is 2.57. The van der Waals surface area contributed by atoms with Gasteiger partial charge in [-0.15, -0.1) is 0 Å². The van der Waals surface area contributed by atoms with Gasteiger partial charge in [-0.1, -0.05) is 0 Å². The Morgan fingerprint density at radius 2 is 1.93 bits per heavy atom. The highest BCUT2D eigenvalue weighted by Crippen LogP contribution is 2.21. The van der Waals surface area contributed by atoms with Crippen molar-refractivity contribution in [1.29, 1.82) is 0 Å². The zero-order valence-electron chi connectivity index (χ0n) is 8.27. The Kier molecular flexibility index (Phi) is 4.38. The number of amides is 1. The van der Waals surface area contributed by atoms with Crippen LogP contribution in [0.25, 0.3) is 0 Å². The zero-order valence-corrected chi connectivity index (χ0v) is 8.27. The van der Waals surface area contributed by atoms with E-state index >= 15 is 0 Å². The first-order valence-corrected chi connectivity index (χ1v) is 4.91. The van der Waals surface area contributed by atoms with Gasteiger partial charge in [0.25, 0.3) is 0 Å². The van der Waals surface area contributed by atoms with Crippen LogP contribution in [0.15, 0.2) is 0 Å². The third kappa shape index (κ3) is 5.61. The SMILES string of the molecule is O=C(CCC(F)(F)F)NC1CCOCC1. The van der Waals surface area contributed by atoms with E-state index in [-0.39, 0.29) is 6.04 Å². The second kappa shape index (κ2) is 5.34. The van der Waals surface area contributed by atoms with Crippen molar-refractivity contribution in [3.63, 3.8) is 0 Å². The zero-order chi connectivity index (χ0) is 11.3. The maximum Gasteiger partial charge on any atom is 0.389 e. The third-order valence-corrected chi connectivity index (χ3v) is 2.22. The smallest absolute Gasteiger partial charge is 0.381 e. The summed E-state index contributed by atoms with van der Waals surface area (Å²) in [5.74, 6) is -0.528. The average Bonchev–Trinajstić information content (AvgIpc) is 2.15. The number of rotatable bonds is 3. The molecule has 0 unspecified atom stereocenters. The molecule has 0 aromatic carbocycles.